The van der Waals surface area contributed by atoms with Gasteiger partial charge in [-0.15, -0.1) is 0 Å². The average molecular weight is 308 g/mol. The summed E-state index contributed by atoms with van der Waals surface area (Å²) < 4.78 is 4.66. The third-order valence-electron chi connectivity index (χ3n) is 3.55. The molecule has 0 aromatic rings. The minimum Gasteiger partial charge on any atom is -0.469 e. The van der Waals surface area contributed by atoms with E-state index in [4.69, 9.17) is 10.5 Å². The van der Waals surface area contributed by atoms with Crippen LogP contribution in [-0.4, -0.2) is 49.1 Å². The van der Waals surface area contributed by atoms with Gasteiger partial charge >= 0.3 is 5.97 Å². The van der Waals surface area contributed by atoms with Gasteiger partial charge in [-0.05, 0) is 13.3 Å². The highest BCUT2D eigenvalue weighted by Gasteiger charge is 2.27. The first-order chi connectivity index (χ1) is 10.4. The fraction of sp³-hybridized carbons (Fsp3) is 0.733. The summed E-state index contributed by atoms with van der Waals surface area (Å²) in [5.74, 6) is -0.523. The molecular formula is C15H24N4O3. The van der Waals surface area contributed by atoms with E-state index in [0.717, 1.165) is 0 Å². The maximum Gasteiger partial charge on any atom is 0.307 e. The van der Waals surface area contributed by atoms with Crippen molar-refractivity contribution in [2.75, 3.05) is 26.7 Å². The minimum atomic E-state index is -0.529. The molecule has 0 saturated heterocycles. The lowest BCUT2D eigenvalue weighted by atomic mass is 9.94. The fourth-order valence-corrected chi connectivity index (χ4v) is 1.84. The van der Waals surface area contributed by atoms with Crippen LogP contribution in [-0.2, 0) is 14.3 Å². The van der Waals surface area contributed by atoms with Crippen molar-refractivity contribution < 1.29 is 14.3 Å². The first-order valence-electron chi connectivity index (χ1n) is 7.26. The van der Waals surface area contributed by atoms with Gasteiger partial charge in [0.15, 0.2) is 0 Å². The Labute approximate surface area is 131 Å². The number of nitrogens with zero attached hydrogens (tertiary/aromatic N) is 3. The number of hydrogen-bond donors (Lipinski definition) is 1. The number of nitrogens with one attached hydrogen (secondary N) is 1. The molecule has 0 bridgehead atoms. The maximum absolute atomic E-state index is 12.2. The SMILES string of the molecule is CC[C@](C)(CC(=O)OC)NCC(=O)N(CCC#N)CCC#N. The van der Waals surface area contributed by atoms with E-state index in [0.29, 0.717) is 19.5 Å². The van der Waals surface area contributed by atoms with Gasteiger partial charge in [0.05, 0.1) is 45.1 Å². The second kappa shape index (κ2) is 10.6. The zero-order valence-electron chi connectivity index (χ0n) is 13.5. The van der Waals surface area contributed by atoms with Gasteiger partial charge in [-0.1, -0.05) is 6.92 Å². The Kier molecular flexibility index (Phi) is 9.56. The molecule has 7 heteroatoms. The highest BCUT2D eigenvalue weighted by molar-refractivity contribution is 5.78. The van der Waals surface area contributed by atoms with Gasteiger partial charge in [-0.25, -0.2) is 0 Å². The predicted octanol–water partition coefficient (Wildman–Crippen LogP) is 0.964. The summed E-state index contributed by atoms with van der Waals surface area (Å²) in [4.78, 5) is 25.1. The fourth-order valence-electron chi connectivity index (χ4n) is 1.84. The topological polar surface area (TPSA) is 106 Å². The van der Waals surface area contributed by atoms with Crippen molar-refractivity contribution >= 4 is 11.9 Å². The molecule has 1 amide bonds. The lowest BCUT2D eigenvalue weighted by molar-refractivity contribution is -0.142. The lowest BCUT2D eigenvalue weighted by Gasteiger charge is -2.30. The van der Waals surface area contributed by atoms with E-state index in [2.05, 4.69) is 10.1 Å². The summed E-state index contributed by atoms with van der Waals surface area (Å²) in [5, 5.41) is 20.3. The Bertz CT molecular complexity index is 435. The molecular weight excluding hydrogens is 284 g/mol. The van der Waals surface area contributed by atoms with Gasteiger partial charge in [0.2, 0.25) is 5.91 Å². The van der Waals surface area contributed by atoms with Crippen LogP contribution in [0, 0.1) is 22.7 Å². The summed E-state index contributed by atoms with van der Waals surface area (Å²) >= 11 is 0. The molecule has 0 aromatic heterocycles. The third kappa shape index (κ3) is 7.61. The van der Waals surface area contributed by atoms with Gasteiger partial charge in [-0.3, -0.25) is 9.59 Å². The molecule has 0 rings (SSSR count). The number of carbonyl (C=O) groups is 2. The van der Waals surface area contributed by atoms with Crippen LogP contribution in [0.1, 0.15) is 39.5 Å². The lowest BCUT2D eigenvalue weighted by Crippen LogP contribution is -2.49. The number of hydrogen-bond acceptors (Lipinski definition) is 6. The zero-order valence-corrected chi connectivity index (χ0v) is 13.5. The van der Waals surface area contributed by atoms with Crippen LogP contribution in [0.15, 0.2) is 0 Å². The summed E-state index contributed by atoms with van der Waals surface area (Å²) in [6.07, 6.45) is 1.28. The maximum atomic E-state index is 12.2. The van der Waals surface area contributed by atoms with Crippen molar-refractivity contribution in [3.05, 3.63) is 0 Å². The van der Waals surface area contributed by atoms with Crippen molar-refractivity contribution in [2.24, 2.45) is 0 Å². The first kappa shape index (κ1) is 19.9. The van der Waals surface area contributed by atoms with Crippen molar-refractivity contribution in [1.29, 1.82) is 10.5 Å². The smallest absolute Gasteiger partial charge is 0.307 e. The van der Waals surface area contributed by atoms with E-state index in [1.807, 2.05) is 26.0 Å². The molecule has 22 heavy (non-hydrogen) atoms. The van der Waals surface area contributed by atoms with E-state index >= 15 is 0 Å². The first-order valence-corrected chi connectivity index (χ1v) is 7.26. The molecule has 0 aliphatic heterocycles. The number of amides is 1. The van der Waals surface area contributed by atoms with Crippen LogP contribution in [0.3, 0.4) is 0 Å². The van der Waals surface area contributed by atoms with Crippen LogP contribution >= 0.6 is 0 Å². The summed E-state index contributed by atoms with van der Waals surface area (Å²) in [5.41, 5.74) is -0.529. The highest BCUT2D eigenvalue weighted by atomic mass is 16.5. The molecule has 0 heterocycles. The van der Waals surface area contributed by atoms with Crippen LogP contribution in [0.25, 0.3) is 0 Å². The largest absolute Gasteiger partial charge is 0.469 e. The van der Waals surface area contributed by atoms with E-state index < -0.39 is 5.54 Å². The molecule has 1 atom stereocenters. The molecule has 0 radical (unpaired) electrons. The number of ether oxygens (including phenoxy) is 1. The summed E-state index contributed by atoms with van der Waals surface area (Å²) in [6, 6.07) is 3.98. The normalized spacial score (nSPS) is 12.6. The molecule has 0 fully saturated rings. The van der Waals surface area contributed by atoms with Gasteiger partial charge in [0.25, 0.3) is 0 Å². The van der Waals surface area contributed by atoms with E-state index in [-0.39, 0.29) is 37.7 Å². The molecule has 122 valence electrons. The summed E-state index contributed by atoms with van der Waals surface area (Å²) in [6.45, 7) is 4.44. The van der Waals surface area contributed by atoms with Crippen molar-refractivity contribution in [3.63, 3.8) is 0 Å². The number of esters is 1. The average Bonchev–Trinajstić information content (AvgIpc) is 2.52. The summed E-state index contributed by atoms with van der Waals surface area (Å²) in [7, 11) is 1.33. The Balaban J connectivity index is 4.60. The van der Waals surface area contributed by atoms with E-state index in [9.17, 15) is 9.59 Å². The molecule has 7 nitrogen and oxygen atoms in total. The van der Waals surface area contributed by atoms with Crippen LogP contribution in [0.2, 0.25) is 0 Å². The van der Waals surface area contributed by atoms with Crippen LogP contribution < -0.4 is 5.32 Å². The highest BCUT2D eigenvalue weighted by Crippen LogP contribution is 2.15. The van der Waals surface area contributed by atoms with Gasteiger partial charge in [0, 0.05) is 18.6 Å². The molecule has 0 aromatic carbocycles. The van der Waals surface area contributed by atoms with Gasteiger partial charge < -0.3 is 15.0 Å². The number of carbonyl (C=O) groups excluding carboxylic acids is 2. The molecule has 0 aliphatic rings. The standard InChI is InChI=1S/C15H24N4O3/c1-4-15(2,11-14(21)22-3)18-12-13(20)19(9-5-7-16)10-6-8-17/h18H,4-6,9-12H2,1-3H3/t15-/m1/s1. The Morgan fingerprint density at radius 2 is 1.77 bits per heavy atom. The van der Waals surface area contributed by atoms with Crippen LogP contribution in [0.4, 0.5) is 0 Å². The molecule has 0 unspecified atom stereocenters. The number of nitriles is 2. The molecule has 1 N–H and O–H groups in total. The van der Waals surface area contributed by atoms with Crippen LogP contribution in [0.5, 0.6) is 0 Å². The monoisotopic (exact) mass is 308 g/mol. The van der Waals surface area contributed by atoms with Crippen molar-refractivity contribution in [1.82, 2.24) is 10.2 Å². The Hall–Kier alpha value is -2.12. The Morgan fingerprint density at radius 3 is 2.18 bits per heavy atom. The molecule has 0 aliphatic carbocycles. The third-order valence-corrected chi connectivity index (χ3v) is 3.55. The predicted molar refractivity (Wildman–Crippen MR) is 80.4 cm³/mol. The van der Waals surface area contributed by atoms with Gasteiger partial charge in [-0.2, -0.15) is 10.5 Å². The number of methoxy groups -OCH3 is 1. The van der Waals surface area contributed by atoms with Crippen molar-refractivity contribution in [3.8, 4) is 12.1 Å². The molecule has 0 spiro atoms. The van der Waals surface area contributed by atoms with Gasteiger partial charge in [0.1, 0.15) is 0 Å². The Morgan fingerprint density at radius 1 is 1.23 bits per heavy atom. The van der Waals surface area contributed by atoms with E-state index in [1.165, 1.54) is 12.0 Å². The second-order valence-electron chi connectivity index (χ2n) is 5.22. The quantitative estimate of drug-likeness (QED) is 0.603. The minimum absolute atomic E-state index is 0.0538. The van der Waals surface area contributed by atoms with E-state index in [1.54, 1.807) is 0 Å². The molecule has 0 saturated carbocycles. The number of rotatable bonds is 10. The zero-order chi connectivity index (χ0) is 17.0. The second-order valence-corrected chi connectivity index (χ2v) is 5.22. The van der Waals surface area contributed by atoms with Crippen molar-refractivity contribution in [2.45, 2.75) is 45.1 Å².